The highest BCUT2D eigenvalue weighted by molar-refractivity contribution is 9.10. The Balaban J connectivity index is 2.85. The lowest BCUT2D eigenvalue weighted by Crippen LogP contribution is -1.96. The number of aldehydes is 1. The Morgan fingerprint density at radius 1 is 1.53 bits per heavy atom. The van der Waals surface area contributed by atoms with Crippen LogP contribution in [0.1, 0.15) is 30.4 Å². The smallest absolute Gasteiger partial charge is 0.120 e. The highest BCUT2D eigenvalue weighted by Crippen LogP contribution is 2.25. The third kappa shape index (κ3) is 3.43. The van der Waals surface area contributed by atoms with Gasteiger partial charge in [0, 0.05) is 18.0 Å². The van der Waals surface area contributed by atoms with Gasteiger partial charge in [0.25, 0.3) is 0 Å². The Bertz CT molecular complexity index is 336. The average Bonchev–Trinajstić information content (AvgIpc) is 2.21. The Hall–Kier alpha value is -0.670. The first kappa shape index (κ1) is 12.4. The van der Waals surface area contributed by atoms with Crippen LogP contribution in [0.15, 0.2) is 22.7 Å². The molecular formula is C12H15BrO2. The molecule has 0 saturated heterocycles. The molecular weight excluding hydrogens is 256 g/mol. The van der Waals surface area contributed by atoms with Gasteiger partial charge in [-0.05, 0) is 23.1 Å². The third-order valence-electron chi connectivity index (χ3n) is 2.40. The van der Waals surface area contributed by atoms with Crippen LogP contribution in [0, 0.1) is 0 Å². The highest BCUT2D eigenvalue weighted by atomic mass is 79.9. The SMILES string of the molecule is COCc1ccc(C(C)CC=O)cc1Br. The van der Waals surface area contributed by atoms with Crippen molar-refractivity contribution in [3.63, 3.8) is 0 Å². The summed E-state index contributed by atoms with van der Waals surface area (Å²) in [4.78, 5) is 10.4. The van der Waals surface area contributed by atoms with Gasteiger partial charge in [0.2, 0.25) is 0 Å². The first-order valence-corrected chi connectivity index (χ1v) is 5.69. The molecule has 0 saturated carbocycles. The van der Waals surface area contributed by atoms with Crippen LogP contribution in [-0.2, 0) is 16.1 Å². The first-order chi connectivity index (χ1) is 7.19. The summed E-state index contributed by atoms with van der Waals surface area (Å²) in [5, 5.41) is 0. The lowest BCUT2D eigenvalue weighted by atomic mass is 9.97. The fourth-order valence-electron chi connectivity index (χ4n) is 1.42. The van der Waals surface area contributed by atoms with Crippen LogP contribution in [0.2, 0.25) is 0 Å². The van der Waals surface area contributed by atoms with Crippen LogP contribution in [0.3, 0.4) is 0 Å². The minimum atomic E-state index is 0.274. The van der Waals surface area contributed by atoms with E-state index in [1.165, 1.54) is 5.56 Å². The van der Waals surface area contributed by atoms with E-state index in [0.29, 0.717) is 13.0 Å². The second kappa shape index (κ2) is 6.03. The minimum absolute atomic E-state index is 0.274. The number of carbonyl (C=O) groups excluding carboxylic acids is 1. The molecule has 1 rings (SSSR count). The molecule has 0 aliphatic carbocycles. The summed E-state index contributed by atoms with van der Waals surface area (Å²) in [6.07, 6.45) is 1.53. The zero-order chi connectivity index (χ0) is 11.3. The highest BCUT2D eigenvalue weighted by Gasteiger charge is 2.07. The van der Waals surface area contributed by atoms with Gasteiger partial charge >= 0.3 is 0 Å². The number of ether oxygens (including phenoxy) is 1. The molecule has 2 nitrogen and oxygen atoms in total. The van der Waals surface area contributed by atoms with Crippen LogP contribution in [0.5, 0.6) is 0 Å². The van der Waals surface area contributed by atoms with E-state index in [4.69, 9.17) is 4.74 Å². The molecule has 1 aromatic carbocycles. The van der Waals surface area contributed by atoms with E-state index in [-0.39, 0.29) is 5.92 Å². The number of hydrogen-bond donors (Lipinski definition) is 0. The summed E-state index contributed by atoms with van der Waals surface area (Å²) in [6, 6.07) is 6.14. The van der Waals surface area contributed by atoms with Gasteiger partial charge in [-0.1, -0.05) is 35.0 Å². The molecule has 1 unspecified atom stereocenters. The molecule has 0 amide bonds. The first-order valence-electron chi connectivity index (χ1n) is 4.90. The fraction of sp³-hybridized carbons (Fsp3) is 0.417. The van der Waals surface area contributed by atoms with Crippen LogP contribution in [0.25, 0.3) is 0 Å². The van der Waals surface area contributed by atoms with Crippen LogP contribution in [-0.4, -0.2) is 13.4 Å². The fourth-order valence-corrected chi connectivity index (χ4v) is 1.93. The molecule has 1 aromatic rings. The van der Waals surface area contributed by atoms with E-state index >= 15 is 0 Å². The van der Waals surface area contributed by atoms with Gasteiger partial charge in [-0.25, -0.2) is 0 Å². The maximum absolute atomic E-state index is 10.4. The van der Waals surface area contributed by atoms with Crippen molar-refractivity contribution in [1.82, 2.24) is 0 Å². The van der Waals surface area contributed by atoms with Crippen LogP contribution < -0.4 is 0 Å². The second-order valence-electron chi connectivity index (χ2n) is 3.59. The molecule has 0 bridgehead atoms. The topological polar surface area (TPSA) is 26.3 Å². The van der Waals surface area contributed by atoms with Crippen LogP contribution in [0.4, 0.5) is 0 Å². The number of carbonyl (C=O) groups is 1. The van der Waals surface area contributed by atoms with Crippen molar-refractivity contribution in [3.8, 4) is 0 Å². The molecule has 82 valence electrons. The van der Waals surface area contributed by atoms with Crippen molar-refractivity contribution in [2.45, 2.75) is 25.9 Å². The number of hydrogen-bond acceptors (Lipinski definition) is 2. The van der Waals surface area contributed by atoms with E-state index in [1.807, 2.05) is 19.1 Å². The summed E-state index contributed by atoms with van der Waals surface area (Å²) in [6.45, 7) is 2.65. The normalized spacial score (nSPS) is 12.5. The zero-order valence-corrected chi connectivity index (χ0v) is 10.6. The van der Waals surface area contributed by atoms with E-state index < -0.39 is 0 Å². The van der Waals surface area contributed by atoms with Gasteiger partial charge in [-0.2, -0.15) is 0 Å². The molecule has 0 fully saturated rings. The Kier molecular flexibility index (Phi) is 4.99. The molecule has 3 heteroatoms. The monoisotopic (exact) mass is 270 g/mol. The Morgan fingerprint density at radius 3 is 2.80 bits per heavy atom. The summed E-state index contributed by atoms with van der Waals surface area (Å²) in [5.74, 6) is 0.274. The molecule has 1 atom stereocenters. The minimum Gasteiger partial charge on any atom is -0.380 e. The summed E-state index contributed by atoms with van der Waals surface area (Å²) in [5.41, 5.74) is 2.30. The molecule has 0 aliphatic rings. The van der Waals surface area contributed by atoms with Crippen molar-refractivity contribution in [3.05, 3.63) is 33.8 Å². The maximum atomic E-state index is 10.4. The van der Waals surface area contributed by atoms with Gasteiger partial charge in [0.1, 0.15) is 6.29 Å². The molecule has 15 heavy (non-hydrogen) atoms. The van der Waals surface area contributed by atoms with E-state index in [2.05, 4.69) is 22.0 Å². The van der Waals surface area contributed by atoms with Gasteiger partial charge in [-0.15, -0.1) is 0 Å². The maximum Gasteiger partial charge on any atom is 0.120 e. The number of rotatable bonds is 5. The molecule has 0 aliphatic heterocycles. The number of methoxy groups -OCH3 is 1. The summed E-state index contributed by atoms with van der Waals surface area (Å²) in [7, 11) is 1.68. The van der Waals surface area contributed by atoms with Crippen molar-refractivity contribution < 1.29 is 9.53 Å². The van der Waals surface area contributed by atoms with Gasteiger partial charge < -0.3 is 9.53 Å². The van der Waals surface area contributed by atoms with E-state index in [9.17, 15) is 4.79 Å². The van der Waals surface area contributed by atoms with Gasteiger partial charge in [0.05, 0.1) is 6.61 Å². The van der Waals surface area contributed by atoms with Crippen molar-refractivity contribution in [2.24, 2.45) is 0 Å². The quantitative estimate of drug-likeness (QED) is 0.768. The van der Waals surface area contributed by atoms with Crippen molar-refractivity contribution in [2.75, 3.05) is 7.11 Å². The molecule has 0 heterocycles. The van der Waals surface area contributed by atoms with Crippen molar-refractivity contribution in [1.29, 1.82) is 0 Å². The Labute approximate surface area is 98.8 Å². The molecule has 0 radical (unpaired) electrons. The third-order valence-corrected chi connectivity index (χ3v) is 3.13. The second-order valence-corrected chi connectivity index (χ2v) is 4.44. The van der Waals surface area contributed by atoms with Gasteiger partial charge in [0.15, 0.2) is 0 Å². The Morgan fingerprint density at radius 2 is 2.27 bits per heavy atom. The van der Waals surface area contributed by atoms with E-state index in [1.54, 1.807) is 7.11 Å². The summed E-state index contributed by atoms with van der Waals surface area (Å²) >= 11 is 3.50. The molecule has 0 aromatic heterocycles. The largest absolute Gasteiger partial charge is 0.380 e. The molecule has 0 N–H and O–H groups in total. The standard InChI is InChI=1S/C12H15BrO2/c1-9(5-6-14)10-3-4-11(8-15-2)12(13)7-10/h3-4,6-7,9H,5,8H2,1-2H3. The van der Waals surface area contributed by atoms with Crippen LogP contribution >= 0.6 is 15.9 Å². The number of halogens is 1. The van der Waals surface area contributed by atoms with Gasteiger partial charge in [-0.3, -0.25) is 0 Å². The lowest BCUT2D eigenvalue weighted by molar-refractivity contribution is -0.108. The number of benzene rings is 1. The predicted molar refractivity (Wildman–Crippen MR) is 64.0 cm³/mol. The lowest BCUT2D eigenvalue weighted by Gasteiger charge is -2.11. The summed E-state index contributed by atoms with van der Waals surface area (Å²) < 4.78 is 6.11. The van der Waals surface area contributed by atoms with Crippen molar-refractivity contribution >= 4 is 22.2 Å². The average molecular weight is 271 g/mol. The molecule has 0 spiro atoms. The van der Waals surface area contributed by atoms with E-state index in [0.717, 1.165) is 16.3 Å². The zero-order valence-electron chi connectivity index (χ0n) is 9.00. The predicted octanol–water partition coefficient (Wildman–Crippen LogP) is 3.29.